The number of hydrogen-bond acceptors (Lipinski definition) is 1. The average molecular weight is 262 g/mol. The van der Waals surface area contributed by atoms with Gasteiger partial charge in [-0.25, -0.2) is 0 Å². The van der Waals surface area contributed by atoms with Crippen LogP contribution in [-0.2, 0) is 6.42 Å². The molecule has 20 heavy (non-hydrogen) atoms. The molecular weight excluding hydrogens is 244 g/mol. The van der Waals surface area contributed by atoms with E-state index in [0.29, 0.717) is 0 Å². The Morgan fingerprint density at radius 3 is 2.85 bits per heavy atom. The molecule has 1 heteroatoms. The third-order valence-electron chi connectivity index (χ3n) is 5.77. The zero-order valence-corrected chi connectivity index (χ0v) is 11.7. The lowest BCUT2D eigenvalue weighted by atomic mass is 9.82. The molecule has 2 aromatic rings. The van der Waals surface area contributed by atoms with E-state index in [1.165, 1.54) is 23.6 Å². The van der Waals surface area contributed by atoms with Crippen molar-refractivity contribution in [1.82, 2.24) is 0 Å². The Balaban J connectivity index is 1.83. The molecule has 0 aliphatic heterocycles. The number of allylic oxidation sites excluding steroid dienone is 2. The van der Waals surface area contributed by atoms with Crippen molar-refractivity contribution in [2.75, 3.05) is 7.11 Å². The van der Waals surface area contributed by atoms with Gasteiger partial charge in [0.25, 0.3) is 0 Å². The molecule has 0 amide bonds. The molecule has 0 N–H and O–H groups in total. The van der Waals surface area contributed by atoms with E-state index in [0.717, 1.165) is 29.4 Å². The minimum atomic E-state index is 0.736. The van der Waals surface area contributed by atoms with E-state index in [1.807, 2.05) is 0 Å². The maximum atomic E-state index is 5.66. The highest BCUT2D eigenvalue weighted by Crippen LogP contribution is 2.60. The summed E-state index contributed by atoms with van der Waals surface area (Å²) in [7, 11) is 1.79. The molecule has 2 bridgehead atoms. The van der Waals surface area contributed by atoms with Crippen molar-refractivity contribution < 1.29 is 4.74 Å². The number of hydrogen-bond donors (Lipinski definition) is 0. The van der Waals surface area contributed by atoms with Gasteiger partial charge in [-0.2, -0.15) is 0 Å². The molecular formula is C19H18O. The van der Waals surface area contributed by atoms with Crippen LogP contribution < -0.4 is 4.74 Å². The molecule has 100 valence electrons. The van der Waals surface area contributed by atoms with Gasteiger partial charge < -0.3 is 4.74 Å². The Morgan fingerprint density at radius 1 is 1.05 bits per heavy atom. The lowest BCUT2D eigenvalue weighted by Crippen LogP contribution is -2.12. The number of methoxy groups -OCH3 is 1. The summed E-state index contributed by atoms with van der Waals surface area (Å²) in [4.78, 5) is 0. The van der Waals surface area contributed by atoms with Crippen LogP contribution >= 0.6 is 0 Å². The Bertz CT molecular complexity index is 743. The lowest BCUT2D eigenvalue weighted by molar-refractivity contribution is 0.415. The largest absolute Gasteiger partial charge is 0.496 e. The fourth-order valence-electron chi connectivity index (χ4n) is 5.03. The molecule has 1 nitrogen and oxygen atoms in total. The second-order valence-corrected chi connectivity index (χ2v) is 6.54. The number of fused-ring (bicyclic) bond motifs is 9. The van der Waals surface area contributed by atoms with Crippen LogP contribution in [0.15, 0.2) is 42.5 Å². The molecule has 0 radical (unpaired) electrons. The smallest absolute Gasteiger partial charge is 0.126 e. The summed E-state index contributed by atoms with van der Waals surface area (Å²) in [6, 6.07) is 11.1. The predicted octanol–water partition coefficient (Wildman–Crippen LogP) is 4.31. The molecule has 2 aromatic carbocycles. The summed E-state index contributed by atoms with van der Waals surface area (Å²) in [5.74, 6) is 4.21. The van der Waals surface area contributed by atoms with Gasteiger partial charge in [0.1, 0.15) is 5.75 Å². The summed E-state index contributed by atoms with van der Waals surface area (Å²) in [6.07, 6.45) is 7.58. The van der Waals surface area contributed by atoms with Gasteiger partial charge in [0, 0.05) is 5.39 Å². The average Bonchev–Trinajstić information content (AvgIpc) is 3.17. The summed E-state index contributed by atoms with van der Waals surface area (Å²) in [5, 5.41) is 2.71. The van der Waals surface area contributed by atoms with E-state index in [9.17, 15) is 0 Å². The van der Waals surface area contributed by atoms with Crippen molar-refractivity contribution in [3.8, 4) is 5.75 Å². The fraction of sp³-hybridized carbons (Fsp3) is 0.368. The van der Waals surface area contributed by atoms with E-state index in [1.54, 1.807) is 18.2 Å². The first kappa shape index (κ1) is 11.0. The van der Waals surface area contributed by atoms with Crippen molar-refractivity contribution in [2.45, 2.75) is 18.8 Å². The Hall–Kier alpha value is -1.76. The third kappa shape index (κ3) is 1.19. The molecule has 5 rings (SSSR count). The van der Waals surface area contributed by atoms with Crippen LogP contribution in [0.5, 0.6) is 5.75 Å². The van der Waals surface area contributed by atoms with E-state index in [4.69, 9.17) is 4.74 Å². The highest BCUT2D eigenvalue weighted by molar-refractivity contribution is 5.93. The molecule has 4 unspecified atom stereocenters. The first-order chi connectivity index (χ1) is 9.86. The second-order valence-electron chi connectivity index (χ2n) is 6.54. The summed E-state index contributed by atoms with van der Waals surface area (Å²) >= 11 is 0. The molecule has 0 spiro atoms. The van der Waals surface area contributed by atoms with Crippen LogP contribution in [0.3, 0.4) is 0 Å². The molecule has 0 aromatic heterocycles. The lowest BCUT2D eigenvalue weighted by Gasteiger charge is -2.22. The Labute approximate surface area is 119 Å². The first-order valence-electron chi connectivity index (χ1n) is 7.63. The van der Waals surface area contributed by atoms with Crippen molar-refractivity contribution in [2.24, 2.45) is 17.8 Å². The van der Waals surface area contributed by atoms with Crippen molar-refractivity contribution in [1.29, 1.82) is 0 Å². The predicted molar refractivity (Wildman–Crippen MR) is 81.2 cm³/mol. The van der Waals surface area contributed by atoms with E-state index >= 15 is 0 Å². The molecule has 1 saturated carbocycles. The second kappa shape index (κ2) is 3.66. The highest BCUT2D eigenvalue weighted by Gasteiger charge is 2.49. The van der Waals surface area contributed by atoms with Crippen LogP contribution in [0.2, 0.25) is 0 Å². The topological polar surface area (TPSA) is 9.23 Å². The standard InChI is InChI=1S/C19H18O/c1-20-16-4-2-3-11-5-7-14-10-15-12-6-8-13(9-12)17(15)19(14)18(11)16/h2-8,12-13,15,17H,9-10H2,1H3. The maximum absolute atomic E-state index is 5.66. The SMILES string of the molecule is COc1cccc2ccc3c(c12)C1C2C=CC(C2)C1C3. The molecule has 1 fully saturated rings. The van der Waals surface area contributed by atoms with Gasteiger partial charge in [-0.1, -0.05) is 36.4 Å². The van der Waals surface area contributed by atoms with Gasteiger partial charge in [-0.15, -0.1) is 0 Å². The maximum Gasteiger partial charge on any atom is 0.126 e. The van der Waals surface area contributed by atoms with Gasteiger partial charge in [-0.05, 0) is 59.1 Å². The quantitative estimate of drug-likeness (QED) is 0.696. The number of benzene rings is 2. The minimum absolute atomic E-state index is 0.736. The summed E-state index contributed by atoms with van der Waals surface area (Å²) in [6.45, 7) is 0. The highest BCUT2D eigenvalue weighted by atomic mass is 16.5. The van der Waals surface area contributed by atoms with Gasteiger partial charge in [0.2, 0.25) is 0 Å². The fourth-order valence-corrected chi connectivity index (χ4v) is 5.03. The van der Waals surface area contributed by atoms with Crippen LogP contribution in [0.1, 0.15) is 23.5 Å². The Kier molecular flexibility index (Phi) is 2.01. The first-order valence-corrected chi connectivity index (χ1v) is 7.63. The number of ether oxygens (including phenoxy) is 1. The van der Waals surface area contributed by atoms with E-state index in [-0.39, 0.29) is 0 Å². The van der Waals surface area contributed by atoms with Crippen LogP contribution in [-0.4, -0.2) is 7.11 Å². The zero-order chi connectivity index (χ0) is 13.3. The third-order valence-corrected chi connectivity index (χ3v) is 5.77. The minimum Gasteiger partial charge on any atom is -0.496 e. The molecule has 3 aliphatic rings. The van der Waals surface area contributed by atoms with Crippen molar-refractivity contribution >= 4 is 10.8 Å². The Morgan fingerprint density at radius 2 is 1.95 bits per heavy atom. The molecule has 0 heterocycles. The molecule has 4 atom stereocenters. The summed E-state index contributed by atoms with van der Waals surface area (Å²) < 4.78 is 5.66. The van der Waals surface area contributed by atoms with Crippen LogP contribution in [0, 0.1) is 17.8 Å². The van der Waals surface area contributed by atoms with Gasteiger partial charge in [0.05, 0.1) is 7.11 Å². The van der Waals surface area contributed by atoms with E-state index < -0.39 is 0 Å². The number of rotatable bonds is 1. The van der Waals surface area contributed by atoms with Crippen molar-refractivity contribution in [3.63, 3.8) is 0 Å². The van der Waals surface area contributed by atoms with Crippen LogP contribution in [0.25, 0.3) is 10.8 Å². The van der Waals surface area contributed by atoms with Crippen LogP contribution in [0.4, 0.5) is 0 Å². The summed E-state index contributed by atoms with van der Waals surface area (Å²) in [5.41, 5.74) is 3.16. The monoisotopic (exact) mass is 262 g/mol. The molecule has 3 aliphatic carbocycles. The van der Waals surface area contributed by atoms with Gasteiger partial charge in [-0.3, -0.25) is 0 Å². The van der Waals surface area contributed by atoms with Gasteiger partial charge in [0.15, 0.2) is 0 Å². The normalized spacial score (nSPS) is 32.6. The zero-order valence-electron chi connectivity index (χ0n) is 11.7. The van der Waals surface area contributed by atoms with Gasteiger partial charge >= 0.3 is 0 Å². The van der Waals surface area contributed by atoms with E-state index in [2.05, 4.69) is 42.5 Å². The molecule has 0 saturated heterocycles. The van der Waals surface area contributed by atoms with Crippen molar-refractivity contribution in [3.05, 3.63) is 53.6 Å².